The average molecular weight is 302 g/mol. The smallest absolute Gasteiger partial charge is 0.271 e. The van der Waals surface area contributed by atoms with Crippen molar-refractivity contribution in [1.29, 1.82) is 0 Å². The second-order valence-electron chi connectivity index (χ2n) is 7.65. The highest BCUT2D eigenvalue weighted by atomic mass is 16.2. The molecule has 1 unspecified atom stereocenters. The number of nitrogens with zero attached hydrogens (tertiary/aromatic N) is 2. The quantitative estimate of drug-likeness (QED) is 0.861. The maximum atomic E-state index is 12.2. The Balaban J connectivity index is 1.61. The summed E-state index contributed by atoms with van der Waals surface area (Å²) >= 11 is 0. The summed E-state index contributed by atoms with van der Waals surface area (Å²) in [6.07, 6.45) is 3.56. The molecule has 2 fully saturated rings. The number of carbonyl (C=O) groups excluding carboxylic acids is 2. The van der Waals surface area contributed by atoms with E-state index in [1.165, 1.54) is 0 Å². The Kier molecular flexibility index (Phi) is 2.86. The molecule has 0 aromatic carbocycles. The van der Waals surface area contributed by atoms with E-state index in [0.717, 1.165) is 37.3 Å². The number of fused-ring (bicyclic) bond motifs is 1. The molecule has 0 spiro atoms. The fourth-order valence-corrected chi connectivity index (χ4v) is 3.54. The van der Waals surface area contributed by atoms with Gasteiger partial charge in [0, 0.05) is 37.2 Å². The van der Waals surface area contributed by atoms with Gasteiger partial charge in [0.1, 0.15) is 11.5 Å². The molecule has 1 aliphatic carbocycles. The highest BCUT2D eigenvalue weighted by molar-refractivity contribution is 5.94. The highest BCUT2D eigenvalue weighted by Gasteiger charge is 2.41. The third kappa shape index (κ3) is 2.30. The number of amides is 2. The number of imidazole rings is 1. The lowest BCUT2D eigenvalue weighted by molar-refractivity contribution is -0.128. The van der Waals surface area contributed by atoms with E-state index in [-0.39, 0.29) is 23.1 Å². The molecule has 2 amide bonds. The molecule has 0 bridgehead atoms. The minimum Gasteiger partial charge on any atom is -0.350 e. The summed E-state index contributed by atoms with van der Waals surface area (Å²) in [4.78, 5) is 34.2. The van der Waals surface area contributed by atoms with Crippen LogP contribution in [0.5, 0.6) is 0 Å². The summed E-state index contributed by atoms with van der Waals surface area (Å²) in [7, 11) is 0. The first-order valence-corrected chi connectivity index (χ1v) is 8.09. The lowest BCUT2D eigenvalue weighted by Crippen LogP contribution is -2.32. The van der Waals surface area contributed by atoms with Crippen molar-refractivity contribution in [3.05, 3.63) is 17.2 Å². The van der Waals surface area contributed by atoms with Crippen molar-refractivity contribution in [2.24, 2.45) is 5.41 Å². The first kappa shape index (κ1) is 13.8. The Labute approximate surface area is 129 Å². The van der Waals surface area contributed by atoms with Gasteiger partial charge in [-0.1, -0.05) is 13.8 Å². The zero-order valence-electron chi connectivity index (χ0n) is 13.1. The van der Waals surface area contributed by atoms with Crippen molar-refractivity contribution < 1.29 is 9.59 Å². The molecule has 2 aliphatic heterocycles. The molecule has 1 aromatic heterocycles. The first-order chi connectivity index (χ1) is 10.4. The van der Waals surface area contributed by atoms with Gasteiger partial charge in [-0.2, -0.15) is 0 Å². The van der Waals surface area contributed by atoms with Crippen molar-refractivity contribution in [2.45, 2.75) is 51.5 Å². The van der Waals surface area contributed by atoms with Gasteiger partial charge in [0.2, 0.25) is 5.91 Å². The lowest BCUT2D eigenvalue weighted by Gasteiger charge is -2.21. The molecule has 1 saturated heterocycles. The molecule has 4 rings (SSSR count). The Morgan fingerprint density at radius 1 is 1.27 bits per heavy atom. The van der Waals surface area contributed by atoms with E-state index >= 15 is 0 Å². The molecule has 6 heteroatoms. The molecule has 3 aliphatic rings. The molecule has 3 heterocycles. The number of hydrogen-bond acceptors (Lipinski definition) is 3. The van der Waals surface area contributed by atoms with Gasteiger partial charge >= 0.3 is 0 Å². The fourth-order valence-electron chi connectivity index (χ4n) is 3.54. The Bertz CT molecular complexity index is 645. The van der Waals surface area contributed by atoms with E-state index in [4.69, 9.17) is 0 Å². The number of hydrogen-bond donors (Lipinski definition) is 2. The molecule has 6 nitrogen and oxygen atoms in total. The van der Waals surface area contributed by atoms with E-state index in [0.29, 0.717) is 24.7 Å². The summed E-state index contributed by atoms with van der Waals surface area (Å²) in [5, 5.41) is 2.94. The van der Waals surface area contributed by atoms with Crippen LogP contribution in [0.15, 0.2) is 0 Å². The number of H-pyrrole nitrogens is 1. The summed E-state index contributed by atoms with van der Waals surface area (Å²) < 4.78 is 0. The van der Waals surface area contributed by atoms with Gasteiger partial charge in [-0.25, -0.2) is 4.98 Å². The number of aromatic nitrogens is 2. The maximum absolute atomic E-state index is 12.2. The summed E-state index contributed by atoms with van der Waals surface area (Å²) in [5.41, 5.74) is 1.43. The Morgan fingerprint density at radius 3 is 2.77 bits per heavy atom. The zero-order valence-corrected chi connectivity index (χ0v) is 13.1. The number of rotatable bonds is 2. The number of carbonyl (C=O) groups is 2. The Hall–Kier alpha value is -1.85. The SMILES string of the molecule is CC1(C)CNC(=O)c2nc(C3CC(=O)N(C4CC4)C3)[nH]c2C1. The third-order valence-electron chi connectivity index (χ3n) is 4.93. The second-order valence-corrected chi connectivity index (χ2v) is 7.65. The molecular formula is C16H22N4O2. The van der Waals surface area contributed by atoms with Gasteiger partial charge in [0.15, 0.2) is 0 Å². The van der Waals surface area contributed by atoms with Crippen molar-refractivity contribution in [3.63, 3.8) is 0 Å². The summed E-state index contributed by atoms with van der Waals surface area (Å²) in [6.45, 7) is 5.66. The zero-order chi connectivity index (χ0) is 15.5. The van der Waals surface area contributed by atoms with Crippen LogP contribution in [0.3, 0.4) is 0 Å². The number of aromatic amines is 1. The topological polar surface area (TPSA) is 78.1 Å². The van der Waals surface area contributed by atoms with Crippen LogP contribution >= 0.6 is 0 Å². The minimum atomic E-state index is -0.105. The van der Waals surface area contributed by atoms with E-state index in [2.05, 4.69) is 29.1 Å². The molecule has 1 aromatic rings. The van der Waals surface area contributed by atoms with Crippen LogP contribution in [-0.2, 0) is 11.2 Å². The predicted molar refractivity (Wildman–Crippen MR) is 80.5 cm³/mol. The van der Waals surface area contributed by atoms with Crippen molar-refractivity contribution >= 4 is 11.8 Å². The highest BCUT2D eigenvalue weighted by Crippen LogP contribution is 2.36. The molecule has 118 valence electrons. The van der Waals surface area contributed by atoms with Crippen LogP contribution in [-0.4, -0.2) is 45.8 Å². The van der Waals surface area contributed by atoms with Crippen LogP contribution in [0.2, 0.25) is 0 Å². The van der Waals surface area contributed by atoms with Crippen molar-refractivity contribution in [2.75, 3.05) is 13.1 Å². The molecule has 2 N–H and O–H groups in total. The predicted octanol–water partition coefficient (Wildman–Crippen LogP) is 1.20. The van der Waals surface area contributed by atoms with Gasteiger partial charge in [-0.05, 0) is 24.7 Å². The van der Waals surface area contributed by atoms with E-state index in [1.807, 2.05) is 4.90 Å². The molecule has 0 radical (unpaired) electrons. The average Bonchev–Trinajstić information content (AvgIpc) is 3.12. The third-order valence-corrected chi connectivity index (χ3v) is 4.93. The van der Waals surface area contributed by atoms with E-state index in [1.54, 1.807) is 0 Å². The standard InChI is InChI=1S/C16H22N4O2/c1-16(2)6-11-13(15(22)17-8-16)19-14(18-11)9-5-12(21)20(7-9)10-3-4-10/h9-10H,3-8H2,1-2H3,(H,17,22)(H,18,19). The summed E-state index contributed by atoms with van der Waals surface area (Å²) in [6, 6.07) is 0.451. The van der Waals surface area contributed by atoms with Crippen molar-refractivity contribution in [3.8, 4) is 0 Å². The molecule has 1 atom stereocenters. The molecule has 1 saturated carbocycles. The summed E-state index contributed by atoms with van der Waals surface area (Å²) in [5.74, 6) is 1.01. The van der Waals surface area contributed by atoms with Gasteiger partial charge < -0.3 is 15.2 Å². The Morgan fingerprint density at radius 2 is 2.05 bits per heavy atom. The normalized spacial score (nSPS) is 27.5. The first-order valence-electron chi connectivity index (χ1n) is 8.09. The second kappa shape index (κ2) is 4.57. The van der Waals surface area contributed by atoms with E-state index in [9.17, 15) is 9.59 Å². The van der Waals surface area contributed by atoms with Crippen LogP contribution in [0.1, 0.15) is 61.0 Å². The van der Waals surface area contributed by atoms with Crippen LogP contribution < -0.4 is 5.32 Å². The van der Waals surface area contributed by atoms with Gasteiger partial charge in [-0.15, -0.1) is 0 Å². The van der Waals surface area contributed by atoms with Crippen molar-refractivity contribution in [1.82, 2.24) is 20.2 Å². The monoisotopic (exact) mass is 302 g/mol. The number of likely N-dealkylation sites (tertiary alicyclic amines) is 1. The fraction of sp³-hybridized carbons (Fsp3) is 0.688. The van der Waals surface area contributed by atoms with Gasteiger partial charge in [0.05, 0.1) is 0 Å². The molecule has 22 heavy (non-hydrogen) atoms. The largest absolute Gasteiger partial charge is 0.350 e. The van der Waals surface area contributed by atoms with Crippen LogP contribution in [0.25, 0.3) is 0 Å². The number of nitrogens with one attached hydrogen (secondary N) is 2. The molecular weight excluding hydrogens is 280 g/mol. The van der Waals surface area contributed by atoms with Gasteiger partial charge in [0.25, 0.3) is 5.91 Å². The van der Waals surface area contributed by atoms with E-state index < -0.39 is 0 Å². The van der Waals surface area contributed by atoms with Crippen LogP contribution in [0, 0.1) is 5.41 Å². The van der Waals surface area contributed by atoms with Gasteiger partial charge in [-0.3, -0.25) is 9.59 Å². The lowest BCUT2D eigenvalue weighted by atomic mass is 9.88. The minimum absolute atomic E-state index is 0.0102. The maximum Gasteiger partial charge on any atom is 0.271 e. The van der Waals surface area contributed by atoms with Crippen LogP contribution in [0.4, 0.5) is 0 Å².